The number of methoxy groups -OCH3 is 1. The first kappa shape index (κ1) is 13.3. The van der Waals surface area contributed by atoms with Gasteiger partial charge in [0.15, 0.2) is 0 Å². The topological polar surface area (TPSA) is 42.4 Å². The molecule has 1 aliphatic heterocycles. The third-order valence-corrected chi connectivity index (χ3v) is 3.48. The number of halogens is 1. The molecule has 1 fully saturated rings. The SMILES string of the molecule is COC(=O)[C@H]1CCCCN1Cc1ccc(Cl)nc1. The number of rotatable bonds is 3. The third kappa shape index (κ3) is 3.21. The Bertz CT molecular complexity index is 408. The molecule has 2 heterocycles. The highest BCUT2D eigenvalue weighted by atomic mass is 35.5. The predicted octanol–water partition coefficient (Wildman–Crippen LogP) is 2.26. The Morgan fingerprint density at radius 3 is 3.06 bits per heavy atom. The molecule has 0 amide bonds. The quantitative estimate of drug-likeness (QED) is 0.623. The van der Waals surface area contributed by atoms with Crippen molar-refractivity contribution in [1.82, 2.24) is 9.88 Å². The summed E-state index contributed by atoms with van der Waals surface area (Å²) in [7, 11) is 1.44. The van der Waals surface area contributed by atoms with Crippen molar-refractivity contribution in [2.24, 2.45) is 0 Å². The van der Waals surface area contributed by atoms with Crippen molar-refractivity contribution in [3.63, 3.8) is 0 Å². The Morgan fingerprint density at radius 1 is 1.56 bits per heavy atom. The highest BCUT2D eigenvalue weighted by Crippen LogP contribution is 2.20. The highest BCUT2D eigenvalue weighted by molar-refractivity contribution is 6.29. The lowest BCUT2D eigenvalue weighted by Gasteiger charge is -2.33. The van der Waals surface area contributed by atoms with E-state index in [4.69, 9.17) is 16.3 Å². The van der Waals surface area contributed by atoms with Gasteiger partial charge in [-0.15, -0.1) is 0 Å². The van der Waals surface area contributed by atoms with Crippen LogP contribution in [0.2, 0.25) is 5.15 Å². The van der Waals surface area contributed by atoms with E-state index in [9.17, 15) is 4.79 Å². The molecule has 0 aliphatic carbocycles. The van der Waals surface area contributed by atoms with Gasteiger partial charge in [0.05, 0.1) is 7.11 Å². The van der Waals surface area contributed by atoms with E-state index in [1.54, 1.807) is 12.3 Å². The fourth-order valence-electron chi connectivity index (χ4n) is 2.32. The molecule has 98 valence electrons. The highest BCUT2D eigenvalue weighted by Gasteiger charge is 2.29. The number of hydrogen-bond acceptors (Lipinski definition) is 4. The van der Waals surface area contributed by atoms with Crippen LogP contribution >= 0.6 is 11.6 Å². The van der Waals surface area contributed by atoms with Crippen molar-refractivity contribution in [2.75, 3.05) is 13.7 Å². The minimum Gasteiger partial charge on any atom is -0.468 e. The van der Waals surface area contributed by atoms with Gasteiger partial charge in [-0.2, -0.15) is 0 Å². The van der Waals surface area contributed by atoms with E-state index in [2.05, 4.69) is 9.88 Å². The van der Waals surface area contributed by atoms with Crippen molar-refractivity contribution in [3.8, 4) is 0 Å². The molecule has 0 aromatic carbocycles. The molecule has 0 spiro atoms. The number of pyridine rings is 1. The number of aromatic nitrogens is 1. The van der Waals surface area contributed by atoms with Gasteiger partial charge in [-0.3, -0.25) is 9.69 Å². The molecule has 2 rings (SSSR count). The summed E-state index contributed by atoms with van der Waals surface area (Å²) in [5, 5.41) is 0.488. The van der Waals surface area contributed by atoms with Crippen LogP contribution in [0.15, 0.2) is 18.3 Å². The summed E-state index contributed by atoms with van der Waals surface area (Å²) in [5.74, 6) is -0.142. The maximum absolute atomic E-state index is 11.7. The van der Waals surface area contributed by atoms with Crippen LogP contribution in [0.4, 0.5) is 0 Å². The standard InChI is InChI=1S/C13H17ClN2O2/c1-18-13(17)11-4-2-3-7-16(11)9-10-5-6-12(14)15-8-10/h5-6,8,11H,2-4,7,9H2,1H3/t11-/m1/s1. The molecule has 4 nitrogen and oxygen atoms in total. The van der Waals surface area contributed by atoms with Crippen molar-refractivity contribution in [3.05, 3.63) is 29.0 Å². The molecule has 1 aromatic rings. The van der Waals surface area contributed by atoms with Crippen molar-refractivity contribution < 1.29 is 9.53 Å². The first-order valence-electron chi connectivity index (χ1n) is 6.13. The van der Waals surface area contributed by atoms with Crippen LogP contribution < -0.4 is 0 Å². The van der Waals surface area contributed by atoms with E-state index in [1.165, 1.54) is 7.11 Å². The number of likely N-dealkylation sites (tertiary alicyclic amines) is 1. The van der Waals surface area contributed by atoms with Crippen LogP contribution in [0.1, 0.15) is 24.8 Å². The maximum atomic E-state index is 11.7. The average Bonchev–Trinajstić information content (AvgIpc) is 2.41. The van der Waals surface area contributed by atoms with Gasteiger partial charge in [0.1, 0.15) is 11.2 Å². The lowest BCUT2D eigenvalue weighted by atomic mass is 10.0. The molecule has 0 N–H and O–H groups in total. The third-order valence-electron chi connectivity index (χ3n) is 3.26. The van der Waals surface area contributed by atoms with Crippen LogP contribution in [-0.2, 0) is 16.1 Å². The number of nitrogens with zero attached hydrogens (tertiary/aromatic N) is 2. The van der Waals surface area contributed by atoms with Gasteiger partial charge in [-0.25, -0.2) is 4.98 Å². The molecule has 18 heavy (non-hydrogen) atoms. The molecule has 1 aromatic heterocycles. The van der Waals surface area contributed by atoms with Gasteiger partial charge in [0, 0.05) is 12.7 Å². The molecule has 5 heteroatoms. The monoisotopic (exact) mass is 268 g/mol. The number of ether oxygens (including phenoxy) is 1. The number of hydrogen-bond donors (Lipinski definition) is 0. The molecule has 0 unspecified atom stereocenters. The smallest absolute Gasteiger partial charge is 0.323 e. The fraction of sp³-hybridized carbons (Fsp3) is 0.538. The van der Waals surface area contributed by atoms with Crippen molar-refractivity contribution >= 4 is 17.6 Å². The largest absolute Gasteiger partial charge is 0.468 e. The Kier molecular flexibility index (Phi) is 4.55. The molecule has 0 bridgehead atoms. The number of esters is 1. The van der Waals surface area contributed by atoms with Crippen molar-refractivity contribution in [2.45, 2.75) is 31.8 Å². The van der Waals surface area contributed by atoms with E-state index in [0.29, 0.717) is 11.7 Å². The number of carbonyl (C=O) groups excluding carboxylic acids is 1. The van der Waals surface area contributed by atoms with Crippen LogP contribution in [0.3, 0.4) is 0 Å². The summed E-state index contributed by atoms with van der Waals surface area (Å²) in [5.41, 5.74) is 1.07. The molecule has 1 atom stereocenters. The number of carbonyl (C=O) groups is 1. The minimum atomic E-state index is -0.142. The summed E-state index contributed by atoms with van der Waals surface area (Å²) in [6.07, 6.45) is 4.82. The van der Waals surface area contributed by atoms with E-state index < -0.39 is 0 Å². The lowest BCUT2D eigenvalue weighted by molar-refractivity contribution is -0.148. The van der Waals surface area contributed by atoms with Gasteiger partial charge in [-0.1, -0.05) is 24.1 Å². The van der Waals surface area contributed by atoms with Crippen LogP contribution in [0.5, 0.6) is 0 Å². The molecular weight excluding hydrogens is 252 g/mol. The second-order valence-electron chi connectivity index (χ2n) is 4.49. The minimum absolute atomic E-state index is 0.126. The zero-order valence-electron chi connectivity index (χ0n) is 10.4. The van der Waals surface area contributed by atoms with Crippen LogP contribution in [0, 0.1) is 0 Å². The fourth-order valence-corrected chi connectivity index (χ4v) is 2.43. The summed E-state index contributed by atoms with van der Waals surface area (Å²) in [6.45, 7) is 1.63. The van der Waals surface area contributed by atoms with E-state index in [0.717, 1.165) is 31.4 Å². The molecule has 1 saturated heterocycles. The van der Waals surface area contributed by atoms with E-state index in [1.807, 2.05) is 6.07 Å². The summed E-state index contributed by atoms with van der Waals surface area (Å²) in [4.78, 5) is 17.9. The lowest BCUT2D eigenvalue weighted by Crippen LogP contribution is -2.44. The van der Waals surface area contributed by atoms with E-state index in [-0.39, 0.29) is 12.0 Å². The second-order valence-corrected chi connectivity index (χ2v) is 4.88. The van der Waals surface area contributed by atoms with Gasteiger partial charge in [0.25, 0.3) is 0 Å². The predicted molar refractivity (Wildman–Crippen MR) is 69.3 cm³/mol. The Hall–Kier alpha value is -1.13. The molecule has 1 aliphatic rings. The molecule has 0 saturated carbocycles. The summed E-state index contributed by atoms with van der Waals surface area (Å²) >= 11 is 5.76. The van der Waals surface area contributed by atoms with Crippen molar-refractivity contribution in [1.29, 1.82) is 0 Å². The zero-order chi connectivity index (χ0) is 13.0. The van der Waals surface area contributed by atoms with Gasteiger partial charge >= 0.3 is 5.97 Å². The van der Waals surface area contributed by atoms with Crippen LogP contribution in [-0.4, -0.2) is 35.5 Å². The Balaban J connectivity index is 2.05. The zero-order valence-corrected chi connectivity index (χ0v) is 11.2. The summed E-state index contributed by atoms with van der Waals surface area (Å²) in [6, 6.07) is 3.59. The van der Waals surface area contributed by atoms with Gasteiger partial charge in [0.2, 0.25) is 0 Å². The normalized spacial score (nSPS) is 20.7. The Morgan fingerprint density at radius 2 is 2.39 bits per heavy atom. The van der Waals surface area contributed by atoms with Crippen LogP contribution in [0.25, 0.3) is 0 Å². The Labute approximate surface area is 112 Å². The second kappa shape index (κ2) is 6.16. The molecular formula is C13H17ClN2O2. The first-order valence-corrected chi connectivity index (χ1v) is 6.51. The number of piperidine rings is 1. The molecule has 0 radical (unpaired) electrons. The summed E-state index contributed by atoms with van der Waals surface area (Å²) < 4.78 is 4.86. The average molecular weight is 269 g/mol. The van der Waals surface area contributed by atoms with Gasteiger partial charge < -0.3 is 4.74 Å². The first-order chi connectivity index (χ1) is 8.70. The van der Waals surface area contributed by atoms with Gasteiger partial charge in [-0.05, 0) is 31.0 Å². The maximum Gasteiger partial charge on any atom is 0.323 e. The van der Waals surface area contributed by atoms with E-state index >= 15 is 0 Å².